The molecule has 0 unspecified atom stereocenters. The fraction of sp³-hybridized carbons (Fsp3) is 0.0667. The topological polar surface area (TPSA) is 62.1 Å². The van der Waals surface area contributed by atoms with Gasteiger partial charge in [-0.2, -0.15) is 5.26 Å². The standard InChI is InChI=1S/C15H10Br2N2O2/c1-21-14-6-9(8-18)2-5-13(14)19-15(20)11-4-3-10(16)7-12(11)17/h2-7H,1H3,(H,19,20). The van der Waals surface area contributed by atoms with Gasteiger partial charge in [0.1, 0.15) is 5.75 Å². The number of benzene rings is 2. The Kier molecular flexibility index (Phi) is 4.99. The van der Waals surface area contributed by atoms with E-state index in [0.717, 1.165) is 4.47 Å². The van der Waals surface area contributed by atoms with Gasteiger partial charge in [0, 0.05) is 15.0 Å². The average Bonchev–Trinajstić information content (AvgIpc) is 2.47. The number of carbonyl (C=O) groups excluding carboxylic acids is 1. The van der Waals surface area contributed by atoms with Crippen LogP contribution in [0.2, 0.25) is 0 Å². The first kappa shape index (κ1) is 15.5. The van der Waals surface area contributed by atoms with E-state index in [1.54, 1.807) is 36.4 Å². The van der Waals surface area contributed by atoms with Crippen molar-refractivity contribution in [3.63, 3.8) is 0 Å². The predicted molar refractivity (Wildman–Crippen MR) is 87.5 cm³/mol. The second kappa shape index (κ2) is 6.74. The van der Waals surface area contributed by atoms with Crippen LogP contribution in [0.3, 0.4) is 0 Å². The normalized spacial score (nSPS) is 9.81. The van der Waals surface area contributed by atoms with Crippen molar-refractivity contribution in [3.8, 4) is 11.8 Å². The Morgan fingerprint density at radius 1 is 1.24 bits per heavy atom. The number of amides is 1. The lowest BCUT2D eigenvalue weighted by Gasteiger charge is -2.11. The van der Waals surface area contributed by atoms with E-state index >= 15 is 0 Å². The van der Waals surface area contributed by atoms with Crippen LogP contribution in [-0.4, -0.2) is 13.0 Å². The summed E-state index contributed by atoms with van der Waals surface area (Å²) in [5.41, 5.74) is 1.48. The maximum absolute atomic E-state index is 12.3. The zero-order chi connectivity index (χ0) is 15.4. The van der Waals surface area contributed by atoms with Crippen molar-refractivity contribution >= 4 is 43.5 Å². The van der Waals surface area contributed by atoms with E-state index in [2.05, 4.69) is 37.2 Å². The van der Waals surface area contributed by atoms with Crippen LogP contribution in [0, 0.1) is 11.3 Å². The van der Waals surface area contributed by atoms with Crippen molar-refractivity contribution in [2.24, 2.45) is 0 Å². The minimum Gasteiger partial charge on any atom is -0.495 e. The van der Waals surface area contributed by atoms with E-state index in [1.807, 2.05) is 6.07 Å². The Balaban J connectivity index is 2.29. The molecular formula is C15H10Br2N2O2. The molecule has 0 aliphatic carbocycles. The van der Waals surface area contributed by atoms with Gasteiger partial charge in [-0.3, -0.25) is 4.79 Å². The summed E-state index contributed by atoms with van der Waals surface area (Å²) in [4.78, 5) is 12.3. The quantitative estimate of drug-likeness (QED) is 0.819. The summed E-state index contributed by atoms with van der Waals surface area (Å²) in [6.07, 6.45) is 0. The molecule has 0 saturated carbocycles. The van der Waals surface area contributed by atoms with Crippen molar-refractivity contribution in [1.29, 1.82) is 5.26 Å². The second-order valence-corrected chi connectivity index (χ2v) is 5.88. The van der Waals surface area contributed by atoms with E-state index in [4.69, 9.17) is 10.00 Å². The van der Waals surface area contributed by atoms with Gasteiger partial charge in [0.2, 0.25) is 0 Å². The summed E-state index contributed by atoms with van der Waals surface area (Å²) in [5, 5.41) is 11.6. The number of halogens is 2. The summed E-state index contributed by atoms with van der Waals surface area (Å²) in [7, 11) is 1.49. The highest BCUT2D eigenvalue weighted by Gasteiger charge is 2.13. The van der Waals surface area contributed by atoms with Gasteiger partial charge in [0.05, 0.1) is 30.0 Å². The summed E-state index contributed by atoms with van der Waals surface area (Å²) >= 11 is 6.69. The maximum atomic E-state index is 12.3. The lowest BCUT2D eigenvalue weighted by molar-refractivity contribution is 0.102. The van der Waals surface area contributed by atoms with Gasteiger partial charge >= 0.3 is 0 Å². The van der Waals surface area contributed by atoms with Crippen molar-refractivity contribution in [1.82, 2.24) is 0 Å². The molecule has 2 aromatic carbocycles. The maximum Gasteiger partial charge on any atom is 0.256 e. The molecule has 0 aliphatic rings. The molecule has 106 valence electrons. The zero-order valence-electron chi connectivity index (χ0n) is 11.0. The van der Waals surface area contributed by atoms with E-state index in [-0.39, 0.29) is 5.91 Å². The summed E-state index contributed by atoms with van der Waals surface area (Å²) in [5.74, 6) is 0.174. The van der Waals surface area contributed by atoms with Crippen LogP contribution >= 0.6 is 31.9 Å². The van der Waals surface area contributed by atoms with E-state index in [1.165, 1.54) is 7.11 Å². The lowest BCUT2D eigenvalue weighted by atomic mass is 10.1. The van der Waals surface area contributed by atoms with Crippen LogP contribution in [0.4, 0.5) is 5.69 Å². The largest absolute Gasteiger partial charge is 0.495 e. The van der Waals surface area contributed by atoms with E-state index in [0.29, 0.717) is 27.0 Å². The number of hydrogen-bond donors (Lipinski definition) is 1. The number of carbonyl (C=O) groups is 1. The molecule has 0 saturated heterocycles. The van der Waals surface area contributed by atoms with Crippen molar-refractivity contribution < 1.29 is 9.53 Å². The van der Waals surface area contributed by atoms with Crippen LogP contribution < -0.4 is 10.1 Å². The molecule has 0 spiro atoms. The molecule has 0 radical (unpaired) electrons. The number of methoxy groups -OCH3 is 1. The number of nitrogens with one attached hydrogen (secondary N) is 1. The number of rotatable bonds is 3. The van der Waals surface area contributed by atoms with Crippen LogP contribution in [0.15, 0.2) is 45.3 Å². The summed E-state index contributed by atoms with van der Waals surface area (Å²) < 4.78 is 6.75. The molecule has 0 fully saturated rings. The van der Waals surface area contributed by atoms with Gasteiger partial charge in [-0.25, -0.2) is 0 Å². The highest BCUT2D eigenvalue weighted by atomic mass is 79.9. The van der Waals surface area contributed by atoms with Gasteiger partial charge in [0.15, 0.2) is 0 Å². The van der Waals surface area contributed by atoms with Gasteiger partial charge in [-0.15, -0.1) is 0 Å². The zero-order valence-corrected chi connectivity index (χ0v) is 14.2. The van der Waals surface area contributed by atoms with Crippen molar-refractivity contribution in [2.45, 2.75) is 0 Å². The molecule has 2 rings (SSSR count). The highest BCUT2D eigenvalue weighted by Crippen LogP contribution is 2.27. The molecule has 21 heavy (non-hydrogen) atoms. The number of ether oxygens (including phenoxy) is 1. The van der Waals surface area contributed by atoms with Gasteiger partial charge in [-0.1, -0.05) is 15.9 Å². The molecule has 0 aromatic heterocycles. The molecule has 0 heterocycles. The SMILES string of the molecule is COc1cc(C#N)ccc1NC(=O)c1ccc(Br)cc1Br. The third-order valence-electron chi connectivity index (χ3n) is 2.75. The average molecular weight is 410 g/mol. The van der Waals surface area contributed by atoms with Gasteiger partial charge in [0.25, 0.3) is 5.91 Å². The third kappa shape index (κ3) is 3.63. The van der Waals surface area contributed by atoms with Crippen LogP contribution in [0.5, 0.6) is 5.75 Å². The van der Waals surface area contributed by atoms with Crippen molar-refractivity contribution in [2.75, 3.05) is 12.4 Å². The number of nitrogens with zero attached hydrogens (tertiary/aromatic N) is 1. The number of anilines is 1. The molecule has 4 nitrogen and oxygen atoms in total. The Morgan fingerprint density at radius 2 is 2.00 bits per heavy atom. The molecule has 0 atom stereocenters. The van der Waals surface area contributed by atoms with Crippen LogP contribution in [0.25, 0.3) is 0 Å². The van der Waals surface area contributed by atoms with Crippen molar-refractivity contribution in [3.05, 3.63) is 56.5 Å². The predicted octanol–water partition coefficient (Wildman–Crippen LogP) is 4.34. The number of hydrogen-bond acceptors (Lipinski definition) is 3. The highest BCUT2D eigenvalue weighted by molar-refractivity contribution is 9.11. The smallest absolute Gasteiger partial charge is 0.256 e. The first-order valence-electron chi connectivity index (χ1n) is 5.89. The second-order valence-electron chi connectivity index (χ2n) is 4.11. The molecule has 1 amide bonds. The van der Waals surface area contributed by atoms with E-state index < -0.39 is 0 Å². The van der Waals surface area contributed by atoms with Crippen LogP contribution in [0.1, 0.15) is 15.9 Å². The molecule has 2 aromatic rings. The van der Waals surface area contributed by atoms with Crippen LogP contribution in [-0.2, 0) is 0 Å². The summed E-state index contributed by atoms with van der Waals surface area (Å²) in [6, 6.07) is 12.2. The Bertz CT molecular complexity index is 739. The first-order chi connectivity index (χ1) is 10.0. The minimum absolute atomic E-state index is 0.266. The molecular weight excluding hydrogens is 400 g/mol. The Morgan fingerprint density at radius 3 is 2.62 bits per heavy atom. The summed E-state index contributed by atoms with van der Waals surface area (Å²) in [6.45, 7) is 0. The third-order valence-corrected chi connectivity index (χ3v) is 3.90. The monoisotopic (exact) mass is 408 g/mol. The molecule has 6 heteroatoms. The molecule has 1 N–H and O–H groups in total. The lowest BCUT2D eigenvalue weighted by Crippen LogP contribution is -2.13. The molecule has 0 aliphatic heterocycles. The van der Waals surface area contributed by atoms with Gasteiger partial charge < -0.3 is 10.1 Å². The van der Waals surface area contributed by atoms with E-state index in [9.17, 15) is 4.79 Å². The Hall–Kier alpha value is -1.84. The fourth-order valence-corrected chi connectivity index (χ4v) is 2.95. The first-order valence-corrected chi connectivity index (χ1v) is 7.48. The Labute approximate surface area is 139 Å². The van der Waals surface area contributed by atoms with Gasteiger partial charge in [-0.05, 0) is 46.3 Å². The molecule has 0 bridgehead atoms. The number of nitriles is 1. The fourth-order valence-electron chi connectivity index (χ4n) is 1.73. The minimum atomic E-state index is -0.266.